The molecule has 0 unspecified atom stereocenters. The Morgan fingerprint density at radius 1 is 1.08 bits per heavy atom. The molecule has 0 atom stereocenters. The normalized spacial score (nSPS) is 12.2. The number of hydrogen-bond acceptors (Lipinski definition) is 4. The molecule has 0 bridgehead atoms. The van der Waals surface area contributed by atoms with Crippen LogP contribution in [0, 0.1) is 0 Å². The van der Waals surface area contributed by atoms with Gasteiger partial charge in [0.2, 0.25) is 0 Å². The molecule has 0 radical (unpaired) electrons. The smallest absolute Gasteiger partial charge is 0.155 e. The van der Waals surface area contributed by atoms with Crippen LogP contribution in [0.2, 0.25) is 0 Å². The number of benzene rings is 3. The molecule has 0 saturated carbocycles. The molecule has 4 heteroatoms. The summed E-state index contributed by atoms with van der Waals surface area (Å²) in [7, 11) is 4.02. The van der Waals surface area contributed by atoms with Crippen molar-refractivity contribution in [3.63, 3.8) is 0 Å². The molecule has 0 aliphatic rings. The molecule has 124 valence electrons. The minimum atomic E-state index is 0.602. The minimum Gasteiger partial charge on any atom is -0.453 e. The highest BCUT2D eigenvalue weighted by Crippen LogP contribution is 2.28. The first-order valence-electron chi connectivity index (χ1n) is 8.22. The fourth-order valence-electron chi connectivity index (χ4n) is 2.93. The van der Waals surface area contributed by atoms with Gasteiger partial charge in [0.05, 0.1) is 11.9 Å². The van der Waals surface area contributed by atoms with Crippen molar-refractivity contribution in [1.82, 2.24) is 4.98 Å². The van der Waals surface area contributed by atoms with Crippen LogP contribution in [0.3, 0.4) is 0 Å². The van der Waals surface area contributed by atoms with Crippen LogP contribution in [-0.2, 0) is 0 Å². The van der Waals surface area contributed by atoms with E-state index in [4.69, 9.17) is 9.40 Å². The van der Waals surface area contributed by atoms with Crippen LogP contribution in [-0.4, -0.2) is 25.6 Å². The molecule has 0 N–H and O–H groups in total. The first-order valence-corrected chi connectivity index (χ1v) is 8.22. The fraction of sp³-hybridized carbons (Fsp3) is 0.143. The Morgan fingerprint density at radius 3 is 2.72 bits per heavy atom. The van der Waals surface area contributed by atoms with Crippen molar-refractivity contribution in [2.45, 2.75) is 0 Å². The van der Waals surface area contributed by atoms with Crippen molar-refractivity contribution in [3.05, 3.63) is 66.5 Å². The first-order chi connectivity index (χ1) is 12.2. The summed E-state index contributed by atoms with van der Waals surface area (Å²) in [6, 6.07) is 16.2. The third-order valence-electron chi connectivity index (χ3n) is 4.25. The second-order valence-electron chi connectivity index (χ2n) is 6.21. The van der Waals surface area contributed by atoms with Gasteiger partial charge < -0.3 is 9.32 Å². The van der Waals surface area contributed by atoms with E-state index in [2.05, 4.69) is 29.8 Å². The standard InChI is InChI=1S/C21H19N3O/c1-4-11-22-15-7-5-14-6-10-19-21(17(14)12-15)23-18-9-8-16(24(2)3)13-20(18)25-19/h4-10,12-13H,1,11H2,2-3H3. The lowest BCUT2D eigenvalue weighted by molar-refractivity contribution is 0.657. The third-order valence-corrected chi connectivity index (χ3v) is 4.25. The van der Waals surface area contributed by atoms with Crippen LogP contribution < -0.4 is 10.3 Å². The Bertz CT molecular complexity index is 1170. The molecule has 0 spiro atoms. The van der Waals surface area contributed by atoms with Gasteiger partial charge >= 0.3 is 0 Å². The molecular formula is C21H19N3O. The van der Waals surface area contributed by atoms with Crippen molar-refractivity contribution in [2.24, 2.45) is 4.99 Å². The van der Waals surface area contributed by atoms with Crippen LogP contribution in [0.1, 0.15) is 0 Å². The molecule has 4 nitrogen and oxygen atoms in total. The van der Waals surface area contributed by atoms with Crippen molar-refractivity contribution in [1.29, 1.82) is 0 Å². The third kappa shape index (κ3) is 2.76. The quantitative estimate of drug-likeness (QED) is 0.320. The van der Waals surface area contributed by atoms with Gasteiger partial charge in [0, 0.05) is 31.2 Å². The molecule has 4 rings (SSSR count). The second-order valence-corrected chi connectivity index (χ2v) is 6.21. The van der Waals surface area contributed by atoms with E-state index in [9.17, 15) is 0 Å². The molecule has 3 aromatic carbocycles. The Hall–Kier alpha value is -3.14. The maximum Gasteiger partial charge on any atom is 0.155 e. The predicted octanol–water partition coefficient (Wildman–Crippen LogP) is 4.29. The summed E-state index contributed by atoms with van der Waals surface area (Å²) in [4.78, 5) is 11.4. The van der Waals surface area contributed by atoms with Gasteiger partial charge in [-0.15, -0.1) is 6.58 Å². The van der Waals surface area contributed by atoms with Gasteiger partial charge in [-0.25, -0.2) is 4.98 Å². The van der Waals surface area contributed by atoms with E-state index in [0.29, 0.717) is 6.54 Å². The van der Waals surface area contributed by atoms with E-state index < -0.39 is 0 Å². The Kier molecular flexibility index (Phi) is 3.73. The summed E-state index contributed by atoms with van der Waals surface area (Å²) in [5.74, 6) is 0. The van der Waals surface area contributed by atoms with Gasteiger partial charge in [-0.3, -0.25) is 4.99 Å². The summed E-state index contributed by atoms with van der Waals surface area (Å²) < 4.78 is 6.13. The molecule has 0 saturated heterocycles. The molecule has 0 aliphatic carbocycles. The number of aromatic nitrogens is 1. The lowest BCUT2D eigenvalue weighted by Gasteiger charge is -2.12. The topological polar surface area (TPSA) is 41.6 Å². The molecule has 0 fully saturated rings. The summed E-state index contributed by atoms with van der Waals surface area (Å²) in [5, 5.41) is 3.09. The van der Waals surface area contributed by atoms with Gasteiger partial charge in [0.1, 0.15) is 11.0 Å². The monoisotopic (exact) mass is 329 g/mol. The van der Waals surface area contributed by atoms with E-state index in [1.807, 2.05) is 49.3 Å². The van der Waals surface area contributed by atoms with E-state index in [0.717, 1.165) is 44.0 Å². The average molecular weight is 329 g/mol. The van der Waals surface area contributed by atoms with E-state index in [1.165, 1.54) is 0 Å². The number of nitrogens with zero attached hydrogens (tertiary/aromatic N) is 3. The maximum absolute atomic E-state index is 6.13. The maximum atomic E-state index is 6.13. The van der Waals surface area contributed by atoms with Gasteiger partial charge in [-0.2, -0.15) is 0 Å². The van der Waals surface area contributed by atoms with Gasteiger partial charge in [0.15, 0.2) is 11.2 Å². The Morgan fingerprint density at radius 2 is 1.92 bits per heavy atom. The molecule has 0 aliphatic heterocycles. The average Bonchev–Trinajstić information content (AvgIpc) is 2.64. The lowest BCUT2D eigenvalue weighted by Crippen LogP contribution is -2.08. The highest BCUT2D eigenvalue weighted by atomic mass is 16.3. The van der Waals surface area contributed by atoms with E-state index in [-0.39, 0.29) is 0 Å². The number of anilines is 1. The highest BCUT2D eigenvalue weighted by molar-refractivity contribution is 6.04. The Labute approximate surface area is 145 Å². The van der Waals surface area contributed by atoms with Gasteiger partial charge in [0.25, 0.3) is 0 Å². The van der Waals surface area contributed by atoms with Crippen LogP contribution in [0.5, 0.6) is 0 Å². The summed E-state index contributed by atoms with van der Waals surface area (Å²) >= 11 is 0. The van der Waals surface area contributed by atoms with Gasteiger partial charge in [-0.1, -0.05) is 18.2 Å². The molecule has 1 aromatic heterocycles. The SMILES string of the molecule is C=CCN=c1ccc2ccc3oc4cc(N(C)C)ccc4nc3c2c1. The fourth-order valence-corrected chi connectivity index (χ4v) is 2.93. The largest absolute Gasteiger partial charge is 0.453 e. The van der Waals surface area contributed by atoms with Crippen molar-refractivity contribution in [3.8, 4) is 0 Å². The van der Waals surface area contributed by atoms with Crippen molar-refractivity contribution in [2.75, 3.05) is 25.5 Å². The first kappa shape index (κ1) is 15.4. The molecule has 25 heavy (non-hydrogen) atoms. The van der Waals surface area contributed by atoms with Crippen LogP contribution in [0.15, 0.2) is 70.6 Å². The zero-order chi connectivity index (χ0) is 17.4. The lowest BCUT2D eigenvalue weighted by atomic mass is 10.1. The van der Waals surface area contributed by atoms with E-state index >= 15 is 0 Å². The molecule has 0 amide bonds. The molecule has 4 aromatic rings. The summed E-state index contributed by atoms with van der Waals surface area (Å²) in [5.41, 5.74) is 4.35. The minimum absolute atomic E-state index is 0.602. The van der Waals surface area contributed by atoms with Crippen LogP contribution in [0.4, 0.5) is 5.69 Å². The van der Waals surface area contributed by atoms with Crippen molar-refractivity contribution >= 4 is 38.7 Å². The van der Waals surface area contributed by atoms with E-state index in [1.54, 1.807) is 6.08 Å². The summed E-state index contributed by atoms with van der Waals surface area (Å²) in [6.45, 7) is 4.32. The zero-order valence-electron chi connectivity index (χ0n) is 14.4. The van der Waals surface area contributed by atoms with Gasteiger partial charge in [-0.05, 0) is 35.7 Å². The Balaban J connectivity index is 2.02. The highest BCUT2D eigenvalue weighted by Gasteiger charge is 2.08. The zero-order valence-corrected chi connectivity index (χ0v) is 14.4. The summed E-state index contributed by atoms with van der Waals surface area (Å²) in [6.07, 6.45) is 1.79. The second kappa shape index (κ2) is 6.06. The number of fused-ring (bicyclic) bond motifs is 4. The molecular weight excluding hydrogens is 310 g/mol. The van der Waals surface area contributed by atoms with Crippen molar-refractivity contribution < 1.29 is 4.42 Å². The molecule has 1 heterocycles. The number of rotatable bonds is 3. The van der Waals surface area contributed by atoms with Crippen LogP contribution >= 0.6 is 0 Å². The van der Waals surface area contributed by atoms with Crippen LogP contribution in [0.25, 0.3) is 33.0 Å². The predicted molar refractivity (Wildman–Crippen MR) is 104 cm³/mol. The number of hydrogen-bond donors (Lipinski definition) is 0.